The highest BCUT2D eigenvalue weighted by atomic mass is 16.3. The Labute approximate surface area is 93.7 Å². The first-order valence-electron chi connectivity index (χ1n) is 6.62. The number of likely N-dealkylation sites (tertiary alicyclic amines) is 1. The second kappa shape index (κ2) is 4.84. The first kappa shape index (κ1) is 11.4. The number of rotatable bonds is 3. The minimum atomic E-state index is -0.293. The van der Waals surface area contributed by atoms with Crippen molar-refractivity contribution < 1.29 is 5.11 Å². The van der Waals surface area contributed by atoms with Crippen molar-refractivity contribution in [1.82, 2.24) is 4.90 Å². The van der Waals surface area contributed by atoms with E-state index in [1.807, 2.05) is 0 Å². The van der Waals surface area contributed by atoms with E-state index in [1.165, 1.54) is 45.1 Å². The zero-order valence-electron chi connectivity index (χ0n) is 10.0. The van der Waals surface area contributed by atoms with E-state index in [4.69, 9.17) is 0 Å². The summed E-state index contributed by atoms with van der Waals surface area (Å²) in [6, 6.07) is 0.739. The van der Waals surface area contributed by atoms with E-state index in [1.54, 1.807) is 0 Å². The van der Waals surface area contributed by atoms with Gasteiger partial charge in [0.15, 0.2) is 0 Å². The lowest BCUT2D eigenvalue weighted by molar-refractivity contribution is 0.0259. The van der Waals surface area contributed by atoms with Crippen molar-refractivity contribution >= 4 is 0 Å². The molecule has 1 N–H and O–H groups in total. The molecule has 2 nitrogen and oxygen atoms in total. The summed E-state index contributed by atoms with van der Waals surface area (Å²) in [7, 11) is 2.24. The Hall–Kier alpha value is -0.0800. The van der Waals surface area contributed by atoms with Crippen molar-refractivity contribution in [2.75, 3.05) is 13.6 Å². The molecule has 0 aromatic rings. The quantitative estimate of drug-likeness (QED) is 0.775. The van der Waals surface area contributed by atoms with Crippen LogP contribution in [0.2, 0.25) is 0 Å². The van der Waals surface area contributed by atoms with Crippen molar-refractivity contribution in [1.29, 1.82) is 0 Å². The van der Waals surface area contributed by atoms with Crippen LogP contribution >= 0.6 is 0 Å². The van der Waals surface area contributed by atoms with Gasteiger partial charge in [0, 0.05) is 6.04 Å². The maximum Gasteiger partial charge on any atom is 0.0648 e. The number of hydrogen-bond donors (Lipinski definition) is 1. The molecule has 1 saturated carbocycles. The van der Waals surface area contributed by atoms with Gasteiger partial charge in [-0.1, -0.05) is 19.3 Å². The Morgan fingerprint density at radius 2 is 1.93 bits per heavy atom. The Balaban J connectivity index is 1.76. The third-order valence-electron chi connectivity index (χ3n) is 4.40. The van der Waals surface area contributed by atoms with Gasteiger partial charge in [-0.25, -0.2) is 0 Å². The molecule has 0 aromatic carbocycles. The van der Waals surface area contributed by atoms with Crippen LogP contribution in [0.4, 0.5) is 0 Å². The Morgan fingerprint density at radius 3 is 2.60 bits per heavy atom. The van der Waals surface area contributed by atoms with E-state index in [2.05, 4.69) is 11.9 Å². The van der Waals surface area contributed by atoms with E-state index in [9.17, 15) is 5.11 Å². The molecule has 0 bridgehead atoms. The zero-order valence-corrected chi connectivity index (χ0v) is 10.0. The highest BCUT2D eigenvalue weighted by Gasteiger charge is 2.32. The third kappa shape index (κ3) is 2.94. The van der Waals surface area contributed by atoms with Crippen molar-refractivity contribution in [3.8, 4) is 0 Å². The summed E-state index contributed by atoms with van der Waals surface area (Å²) in [5.74, 6) is 0. The van der Waals surface area contributed by atoms with E-state index in [0.29, 0.717) is 0 Å². The Bertz CT molecular complexity index is 199. The van der Waals surface area contributed by atoms with Gasteiger partial charge < -0.3 is 10.0 Å². The second-order valence-corrected chi connectivity index (χ2v) is 5.60. The fraction of sp³-hybridized carbons (Fsp3) is 1.00. The summed E-state index contributed by atoms with van der Waals surface area (Å²) in [5, 5.41) is 10.3. The molecule has 2 heteroatoms. The summed E-state index contributed by atoms with van der Waals surface area (Å²) in [6.07, 6.45) is 10.9. The maximum absolute atomic E-state index is 10.3. The van der Waals surface area contributed by atoms with Crippen LogP contribution in [-0.2, 0) is 0 Å². The molecular weight excluding hydrogens is 186 g/mol. The predicted octanol–water partition coefficient (Wildman–Crippen LogP) is 2.56. The fourth-order valence-corrected chi connectivity index (χ4v) is 3.23. The standard InChI is InChI=1S/C13H25NO/c1-14-11-5-2-6-12(14)7-10-13(15)8-3-4-9-13/h12,15H,2-11H2,1H3. The number of nitrogens with zero attached hydrogens (tertiary/aromatic N) is 1. The third-order valence-corrected chi connectivity index (χ3v) is 4.40. The largest absolute Gasteiger partial charge is 0.390 e. The van der Waals surface area contributed by atoms with Crippen LogP contribution in [0.3, 0.4) is 0 Å². The molecule has 1 aliphatic carbocycles. The lowest BCUT2D eigenvalue weighted by Crippen LogP contribution is -2.38. The molecule has 88 valence electrons. The minimum Gasteiger partial charge on any atom is -0.390 e. The van der Waals surface area contributed by atoms with Gasteiger partial charge in [0.25, 0.3) is 0 Å². The van der Waals surface area contributed by atoms with Crippen molar-refractivity contribution in [2.24, 2.45) is 0 Å². The molecule has 0 aromatic heterocycles. The summed E-state index contributed by atoms with van der Waals surface area (Å²) in [6.45, 7) is 1.25. The van der Waals surface area contributed by atoms with Gasteiger partial charge in [0.1, 0.15) is 0 Å². The van der Waals surface area contributed by atoms with Crippen LogP contribution in [-0.4, -0.2) is 35.2 Å². The smallest absolute Gasteiger partial charge is 0.0648 e. The van der Waals surface area contributed by atoms with Crippen molar-refractivity contribution in [3.63, 3.8) is 0 Å². The van der Waals surface area contributed by atoms with E-state index in [0.717, 1.165) is 25.3 Å². The molecule has 1 aliphatic heterocycles. The van der Waals surface area contributed by atoms with E-state index < -0.39 is 0 Å². The molecule has 15 heavy (non-hydrogen) atoms. The molecule has 0 spiro atoms. The topological polar surface area (TPSA) is 23.5 Å². The normalized spacial score (nSPS) is 32.0. The summed E-state index contributed by atoms with van der Waals surface area (Å²) in [4.78, 5) is 2.49. The van der Waals surface area contributed by atoms with Gasteiger partial charge in [0.05, 0.1) is 5.60 Å². The lowest BCUT2D eigenvalue weighted by atomic mass is 9.90. The van der Waals surface area contributed by atoms with Gasteiger partial charge in [-0.3, -0.25) is 0 Å². The Morgan fingerprint density at radius 1 is 1.20 bits per heavy atom. The summed E-state index contributed by atoms with van der Waals surface area (Å²) >= 11 is 0. The molecule has 2 rings (SSSR count). The van der Waals surface area contributed by atoms with Gasteiger partial charge >= 0.3 is 0 Å². The molecule has 1 saturated heterocycles. The molecule has 2 fully saturated rings. The van der Waals surface area contributed by atoms with Crippen LogP contribution in [0.5, 0.6) is 0 Å². The van der Waals surface area contributed by atoms with Gasteiger partial charge in [-0.2, -0.15) is 0 Å². The average Bonchev–Trinajstić information content (AvgIpc) is 2.65. The minimum absolute atomic E-state index is 0.293. The van der Waals surface area contributed by atoms with Crippen molar-refractivity contribution in [3.05, 3.63) is 0 Å². The second-order valence-electron chi connectivity index (χ2n) is 5.60. The van der Waals surface area contributed by atoms with Crippen LogP contribution in [0.25, 0.3) is 0 Å². The zero-order chi connectivity index (χ0) is 10.7. The van der Waals surface area contributed by atoms with E-state index >= 15 is 0 Å². The molecular formula is C13H25NO. The monoisotopic (exact) mass is 211 g/mol. The van der Waals surface area contributed by atoms with Crippen LogP contribution < -0.4 is 0 Å². The molecule has 0 amide bonds. The van der Waals surface area contributed by atoms with Gasteiger partial charge in [-0.15, -0.1) is 0 Å². The van der Waals surface area contributed by atoms with Crippen LogP contribution in [0.1, 0.15) is 57.8 Å². The molecule has 1 heterocycles. The SMILES string of the molecule is CN1CCCCC1CCC1(O)CCCC1. The van der Waals surface area contributed by atoms with Gasteiger partial charge in [-0.05, 0) is 52.1 Å². The van der Waals surface area contributed by atoms with Gasteiger partial charge in [0.2, 0.25) is 0 Å². The maximum atomic E-state index is 10.3. The van der Waals surface area contributed by atoms with Crippen molar-refractivity contribution in [2.45, 2.75) is 69.4 Å². The van der Waals surface area contributed by atoms with Crippen LogP contribution in [0.15, 0.2) is 0 Å². The molecule has 2 aliphatic rings. The first-order chi connectivity index (χ1) is 7.20. The van der Waals surface area contributed by atoms with E-state index in [-0.39, 0.29) is 5.60 Å². The number of aliphatic hydroxyl groups is 1. The lowest BCUT2D eigenvalue weighted by Gasteiger charge is -2.34. The molecule has 1 unspecified atom stereocenters. The van der Waals surface area contributed by atoms with Crippen LogP contribution in [0, 0.1) is 0 Å². The highest BCUT2D eigenvalue weighted by Crippen LogP contribution is 2.34. The average molecular weight is 211 g/mol. The molecule has 1 atom stereocenters. The fourth-order valence-electron chi connectivity index (χ4n) is 3.23. The first-order valence-corrected chi connectivity index (χ1v) is 6.62. The summed E-state index contributed by atoms with van der Waals surface area (Å²) in [5.41, 5.74) is -0.293. The number of hydrogen-bond acceptors (Lipinski definition) is 2. The molecule has 0 radical (unpaired) electrons. The highest BCUT2D eigenvalue weighted by molar-refractivity contribution is 4.86. The summed E-state index contributed by atoms with van der Waals surface area (Å²) < 4.78 is 0. The number of piperidine rings is 1. The Kier molecular flexibility index (Phi) is 3.68. The predicted molar refractivity (Wildman–Crippen MR) is 62.9 cm³/mol.